The van der Waals surface area contributed by atoms with Gasteiger partial charge in [-0.15, -0.1) is 0 Å². The van der Waals surface area contributed by atoms with Crippen LogP contribution in [0.3, 0.4) is 0 Å². The molecule has 154 valence electrons. The maximum Gasteiger partial charge on any atom is 0.331 e. The molecule has 0 heterocycles. The number of amides is 3. The van der Waals surface area contributed by atoms with Crippen molar-refractivity contribution < 1.29 is 29.0 Å². The van der Waals surface area contributed by atoms with E-state index in [2.05, 4.69) is 10.6 Å². The molecule has 0 saturated carbocycles. The van der Waals surface area contributed by atoms with Crippen LogP contribution in [0, 0.1) is 0 Å². The molecule has 0 saturated heterocycles. The maximum atomic E-state index is 12.1. The van der Waals surface area contributed by atoms with Crippen LogP contribution < -0.4 is 10.6 Å². The molecule has 0 aliphatic heterocycles. The normalized spacial score (nSPS) is 11.9. The highest BCUT2D eigenvalue weighted by Gasteiger charge is 2.24. The summed E-state index contributed by atoms with van der Waals surface area (Å²) >= 11 is 0. The highest BCUT2D eigenvalue weighted by Crippen LogP contribution is 2.01. The third kappa shape index (κ3) is 8.17. The summed E-state index contributed by atoms with van der Waals surface area (Å²) in [6.07, 6.45) is 0. The molecule has 0 aliphatic rings. The minimum atomic E-state index is -1.31. The van der Waals surface area contributed by atoms with E-state index in [-0.39, 0.29) is 12.5 Å². The van der Waals surface area contributed by atoms with Gasteiger partial charge in [0.1, 0.15) is 0 Å². The number of nitrogens with zero attached hydrogens (tertiary/aromatic N) is 1. The summed E-state index contributed by atoms with van der Waals surface area (Å²) < 4.78 is 4.86. The Kier molecular flexibility index (Phi) is 8.59. The van der Waals surface area contributed by atoms with Gasteiger partial charge in [-0.3, -0.25) is 14.4 Å². The minimum absolute atomic E-state index is 0.193. The SMILES string of the molecule is CN(CC(=O)NC(C)(C)C)C(=O)COC(=O)C(CO)NC(=O)c1ccccc1. The van der Waals surface area contributed by atoms with E-state index in [0.29, 0.717) is 5.56 Å². The summed E-state index contributed by atoms with van der Waals surface area (Å²) in [5.41, 5.74) is -0.118. The second-order valence-electron chi connectivity index (χ2n) is 7.23. The third-order valence-corrected chi connectivity index (χ3v) is 3.47. The molecule has 0 spiro atoms. The fourth-order valence-corrected chi connectivity index (χ4v) is 2.12. The van der Waals surface area contributed by atoms with Crippen molar-refractivity contribution in [2.45, 2.75) is 32.4 Å². The van der Waals surface area contributed by atoms with E-state index in [1.165, 1.54) is 7.05 Å². The minimum Gasteiger partial charge on any atom is -0.454 e. The second-order valence-corrected chi connectivity index (χ2v) is 7.23. The van der Waals surface area contributed by atoms with Gasteiger partial charge in [-0.2, -0.15) is 0 Å². The number of carbonyl (C=O) groups is 4. The highest BCUT2D eigenvalue weighted by molar-refractivity contribution is 5.97. The Labute approximate surface area is 164 Å². The van der Waals surface area contributed by atoms with Gasteiger partial charge in [-0.05, 0) is 32.9 Å². The van der Waals surface area contributed by atoms with Crippen LogP contribution in [0.15, 0.2) is 30.3 Å². The lowest BCUT2D eigenvalue weighted by molar-refractivity contribution is -0.154. The maximum absolute atomic E-state index is 12.1. The van der Waals surface area contributed by atoms with Crippen LogP contribution in [0.25, 0.3) is 0 Å². The summed E-state index contributed by atoms with van der Waals surface area (Å²) in [7, 11) is 1.40. The van der Waals surface area contributed by atoms with E-state index in [9.17, 15) is 24.3 Å². The first kappa shape index (κ1) is 23.1. The van der Waals surface area contributed by atoms with Gasteiger partial charge in [0.2, 0.25) is 5.91 Å². The fraction of sp³-hybridized carbons (Fsp3) is 0.474. The molecule has 9 heteroatoms. The number of nitrogens with one attached hydrogen (secondary N) is 2. The number of esters is 1. The monoisotopic (exact) mass is 393 g/mol. The zero-order chi connectivity index (χ0) is 21.3. The Balaban J connectivity index is 2.50. The molecule has 0 fully saturated rings. The molecule has 1 atom stereocenters. The molecule has 9 nitrogen and oxygen atoms in total. The number of hydrogen-bond donors (Lipinski definition) is 3. The molecular formula is C19H27N3O6. The third-order valence-electron chi connectivity index (χ3n) is 3.47. The van der Waals surface area contributed by atoms with Crippen LogP contribution in [0.1, 0.15) is 31.1 Å². The highest BCUT2D eigenvalue weighted by atomic mass is 16.5. The summed E-state index contributed by atoms with van der Waals surface area (Å²) in [5, 5.41) is 14.4. The molecule has 1 aromatic carbocycles. The Morgan fingerprint density at radius 1 is 1.14 bits per heavy atom. The molecule has 3 N–H and O–H groups in total. The number of aliphatic hydroxyl groups is 1. The molecule has 1 aromatic rings. The van der Waals surface area contributed by atoms with Crippen molar-refractivity contribution in [3.63, 3.8) is 0 Å². The Hall–Kier alpha value is -2.94. The van der Waals surface area contributed by atoms with Crippen LogP contribution >= 0.6 is 0 Å². The van der Waals surface area contributed by atoms with Crippen molar-refractivity contribution in [2.24, 2.45) is 0 Å². The quantitative estimate of drug-likeness (QED) is 0.521. The van der Waals surface area contributed by atoms with E-state index < -0.39 is 42.6 Å². The summed E-state index contributed by atoms with van der Waals surface area (Å²) in [4.78, 5) is 49.0. The number of likely N-dealkylation sites (N-methyl/N-ethyl adjacent to an activating group) is 1. The van der Waals surface area contributed by atoms with Crippen LogP contribution in [-0.2, 0) is 19.1 Å². The standard InChI is InChI=1S/C19H27N3O6/c1-19(2,3)21-15(24)10-22(4)16(25)12-28-18(27)14(11-23)20-17(26)13-8-6-5-7-9-13/h5-9,14,23H,10-12H2,1-4H3,(H,20,26)(H,21,24). The van der Waals surface area contributed by atoms with E-state index in [0.717, 1.165) is 4.90 Å². The molecule has 0 bridgehead atoms. The zero-order valence-corrected chi connectivity index (χ0v) is 16.5. The van der Waals surface area contributed by atoms with Crippen molar-refractivity contribution in [2.75, 3.05) is 26.8 Å². The molecule has 1 rings (SSSR count). The fourth-order valence-electron chi connectivity index (χ4n) is 2.12. The van der Waals surface area contributed by atoms with Gasteiger partial charge in [0, 0.05) is 18.2 Å². The molecular weight excluding hydrogens is 366 g/mol. The number of carbonyl (C=O) groups excluding carboxylic acids is 4. The summed E-state index contributed by atoms with van der Waals surface area (Å²) in [6.45, 7) is 3.95. The first-order valence-corrected chi connectivity index (χ1v) is 8.72. The van der Waals surface area contributed by atoms with E-state index in [1.807, 2.05) is 20.8 Å². The number of benzene rings is 1. The van der Waals surface area contributed by atoms with E-state index in [4.69, 9.17) is 4.74 Å². The van der Waals surface area contributed by atoms with Gasteiger partial charge in [0.25, 0.3) is 11.8 Å². The van der Waals surface area contributed by atoms with E-state index >= 15 is 0 Å². The number of aliphatic hydroxyl groups excluding tert-OH is 1. The Morgan fingerprint density at radius 3 is 2.29 bits per heavy atom. The molecule has 1 unspecified atom stereocenters. The van der Waals surface area contributed by atoms with Gasteiger partial charge in [0.15, 0.2) is 12.6 Å². The van der Waals surface area contributed by atoms with Gasteiger partial charge in [0.05, 0.1) is 13.2 Å². The zero-order valence-electron chi connectivity index (χ0n) is 16.5. The number of rotatable bonds is 8. The van der Waals surface area contributed by atoms with Crippen LogP contribution in [0.5, 0.6) is 0 Å². The topological polar surface area (TPSA) is 125 Å². The molecule has 0 radical (unpaired) electrons. The first-order chi connectivity index (χ1) is 13.0. The number of hydrogen-bond acceptors (Lipinski definition) is 6. The number of ether oxygens (including phenoxy) is 1. The average molecular weight is 393 g/mol. The molecule has 0 aliphatic carbocycles. The van der Waals surface area contributed by atoms with Crippen molar-refractivity contribution >= 4 is 23.7 Å². The van der Waals surface area contributed by atoms with Gasteiger partial charge in [-0.25, -0.2) is 4.79 Å². The van der Waals surface area contributed by atoms with Crippen LogP contribution in [0.2, 0.25) is 0 Å². The molecule has 28 heavy (non-hydrogen) atoms. The van der Waals surface area contributed by atoms with E-state index in [1.54, 1.807) is 30.3 Å². The van der Waals surface area contributed by atoms with Crippen molar-refractivity contribution in [3.05, 3.63) is 35.9 Å². The van der Waals surface area contributed by atoms with Gasteiger partial charge in [-0.1, -0.05) is 18.2 Å². The second kappa shape index (κ2) is 10.4. The smallest absolute Gasteiger partial charge is 0.331 e. The lowest BCUT2D eigenvalue weighted by atomic mass is 10.1. The predicted octanol–water partition coefficient (Wildman–Crippen LogP) is -0.306. The van der Waals surface area contributed by atoms with Crippen molar-refractivity contribution in [1.82, 2.24) is 15.5 Å². The lowest BCUT2D eigenvalue weighted by Crippen LogP contribution is -2.48. The van der Waals surface area contributed by atoms with Crippen molar-refractivity contribution in [3.8, 4) is 0 Å². The largest absolute Gasteiger partial charge is 0.454 e. The average Bonchev–Trinajstić information content (AvgIpc) is 2.62. The predicted molar refractivity (Wildman–Crippen MR) is 101 cm³/mol. The van der Waals surface area contributed by atoms with Crippen molar-refractivity contribution in [1.29, 1.82) is 0 Å². The van der Waals surface area contributed by atoms with Crippen LogP contribution in [-0.4, -0.2) is 72.1 Å². The Bertz CT molecular complexity index is 699. The van der Waals surface area contributed by atoms with Gasteiger partial charge >= 0.3 is 5.97 Å². The summed E-state index contributed by atoms with van der Waals surface area (Å²) in [5.74, 6) is -2.45. The molecule has 0 aromatic heterocycles. The molecule has 3 amide bonds. The van der Waals surface area contributed by atoms with Crippen LogP contribution in [0.4, 0.5) is 0 Å². The Morgan fingerprint density at radius 2 is 1.75 bits per heavy atom. The lowest BCUT2D eigenvalue weighted by Gasteiger charge is -2.23. The summed E-state index contributed by atoms with van der Waals surface area (Å²) in [6, 6.07) is 6.84. The van der Waals surface area contributed by atoms with Gasteiger partial charge < -0.3 is 25.4 Å². The first-order valence-electron chi connectivity index (χ1n) is 8.72.